The number of hydrogen-bond donors (Lipinski definition) is 1. The van der Waals surface area contributed by atoms with Gasteiger partial charge in [0.2, 0.25) is 0 Å². The Morgan fingerprint density at radius 1 is 1.45 bits per heavy atom. The monoisotopic (exact) mass is 282 g/mol. The molecule has 1 atom stereocenters. The molecule has 1 aromatic rings. The summed E-state index contributed by atoms with van der Waals surface area (Å²) in [6.07, 6.45) is 2.24. The molecule has 0 aliphatic heterocycles. The van der Waals surface area contributed by atoms with Crippen molar-refractivity contribution in [3.05, 3.63) is 40.5 Å². The summed E-state index contributed by atoms with van der Waals surface area (Å²) in [6.45, 7) is 3.09. The Morgan fingerprint density at radius 2 is 2.05 bits per heavy atom. The van der Waals surface area contributed by atoms with Gasteiger partial charge in [0.25, 0.3) is 0 Å². The minimum Gasteiger partial charge on any atom is -0.481 e. The summed E-state index contributed by atoms with van der Waals surface area (Å²) >= 11 is 0. The molecule has 5 heteroatoms. The van der Waals surface area contributed by atoms with E-state index in [0.29, 0.717) is 11.1 Å². The van der Waals surface area contributed by atoms with Crippen LogP contribution in [0.1, 0.15) is 30.5 Å². The number of hydrogen-bond acceptors (Lipinski definition) is 1. The van der Waals surface area contributed by atoms with Crippen LogP contribution in [0.25, 0.3) is 6.08 Å². The number of halogens is 3. The van der Waals surface area contributed by atoms with Crippen molar-refractivity contribution in [2.24, 2.45) is 5.92 Å². The third-order valence-electron chi connectivity index (χ3n) is 2.97. The lowest BCUT2D eigenvalue weighted by atomic mass is 9.97. The first-order chi connectivity index (χ1) is 9.16. The van der Waals surface area contributed by atoms with Crippen molar-refractivity contribution in [2.75, 3.05) is 0 Å². The molecule has 106 valence electrons. The molecule has 0 spiro atoms. The van der Waals surface area contributed by atoms with E-state index in [-0.39, 0.29) is 5.56 Å². The van der Waals surface area contributed by atoms with Gasteiger partial charge in [-0.05, 0) is 31.5 Å². The Balaban J connectivity index is 3.25. The minimum atomic E-state index is -4.46. The van der Waals surface area contributed by atoms with Gasteiger partial charge < -0.3 is 5.11 Å². The average Bonchev–Trinajstić information content (AvgIpc) is 2.36. The number of alkyl halides is 3. The van der Waals surface area contributed by atoms with Crippen LogP contribution in [0.2, 0.25) is 0 Å². The third-order valence-corrected chi connectivity index (χ3v) is 2.97. The van der Waals surface area contributed by atoms with Gasteiger partial charge in [-0.1, -0.05) is 23.6 Å². The zero-order chi connectivity index (χ0) is 15.5. The van der Waals surface area contributed by atoms with Crippen molar-refractivity contribution in [1.82, 2.24) is 0 Å². The number of carboxylic acids is 1. The summed E-state index contributed by atoms with van der Waals surface area (Å²) < 4.78 is 37.7. The molecule has 0 unspecified atom stereocenters. The molecule has 0 amide bonds. The molecule has 0 aliphatic carbocycles. The van der Waals surface area contributed by atoms with Crippen molar-refractivity contribution in [3.63, 3.8) is 0 Å². The molecule has 0 aliphatic rings. The lowest BCUT2D eigenvalue weighted by molar-refractivity contribution is -0.140. The lowest BCUT2D eigenvalue weighted by Gasteiger charge is -2.10. The van der Waals surface area contributed by atoms with E-state index >= 15 is 0 Å². The molecule has 20 heavy (non-hydrogen) atoms. The highest BCUT2D eigenvalue weighted by Gasteiger charge is 2.30. The Bertz CT molecular complexity index is 592. The first-order valence-electron chi connectivity index (χ1n) is 5.75. The second kappa shape index (κ2) is 5.83. The van der Waals surface area contributed by atoms with E-state index in [9.17, 15) is 18.0 Å². The Hall–Kier alpha value is -2.22. The van der Waals surface area contributed by atoms with Crippen LogP contribution in [0.5, 0.6) is 0 Å². The van der Waals surface area contributed by atoms with Gasteiger partial charge in [-0.15, -0.1) is 6.42 Å². The largest absolute Gasteiger partial charge is 0.481 e. The number of rotatable bonds is 3. The summed E-state index contributed by atoms with van der Waals surface area (Å²) in [6, 6.07) is 3.05. The molecule has 0 aromatic heterocycles. The second-order valence-electron chi connectivity index (χ2n) is 4.39. The van der Waals surface area contributed by atoms with E-state index in [1.807, 2.05) is 0 Å². The smallest absolute Gasteiger partial charge is 0.416 e. The van der Waals surface area contributed by atoms with Crippen LogP contribution in [-0.2, 0) is 11.0 Å². The van der Waals surface area contributed by atoms with Gasteiger partial charge in [0.1, 0.15) is 0 Å². The molecular weight excluding hydrogens is 269 g/mol. The number of terminal acetylenes is 1. The van der Waals surface area contributed by atoms with Crippen molar-refractivity contribution in [3.8, 4) is 12.3 Å². The Morgan fingerprint density at radius 3 is 2.50 bits per heavy atom. The van der Waals surface area contributed by atoms with E-state index in [1.165, 1.54) is 19.1 Å². The Kier molecular flexibility index (Phi) is 4.61. The van der Waals surface area contributed by atoms with Crippen molar-refractivity contribution in [2.45, 2.75) is 20.0 Å². The maximum atomic E-state index is 12.6. The molecule has 0 bridgehead atoms. The normalized spacial score (nSPS) is 13.7. The fraction of sp³-hybridized carbons (Fsp3) is 0.267. The third kappa shape index (κ3) is 3.64. The zero-order valence-corrected chi connectivity index (χ0v) is 11.0. The van der Waals surface area contributed by atoms with Crippen molar-refractivity contribution >= 4 is 12.0 Å². The highest BCUT2D eigenvalue weighted by molar-refractivity contribution is 5.76. The standard InChI is InChI=1S/C15H13F3O2/c1-4-11-8-13(15(16,17)18)6-5-12(11)7-9(2)10(3)14(19)20/h1,5-8,10H,2-3H3,(H,19,20)/b9-7+/t10-/m0/s1. The summed E-state index contributed by atoms with van der Waals surface area (Å²) in [5, 5.41) is 8.88. The van der Waals surface area contributed by atoms with Gasteiger partial charge in [-0.25, -0.2) is 0 Å². The summed E-state index contributed by atoms with van der Waals surface area (Å²) in [7, 11) is 0. The molecule has 0 saturated heterocycles. The van der Waals surface area contributed by atoms with Gasteiger partial charge in [0.05, 0.1) is 11.5 Å². The van der Waals surface area contributed by atoms with Crippen molar-refractivity contribution < 1.29 is 23.1 Å². The van der Waals surface area contributed by atoms with E-state index in [0.717, 1.165) is 12.1 Å². The van der Waals surface area contributed by atoms with Crippen LogP contribution in [0.15, 0.2) is 23.8 Å². The van der Waals surface area contributed by atoms with Gasteiger partial charge in [-0.2, -0.15) is 13.2 Å². The average molecular weight is 282 g/mol. The molecule has 0 radical (unpaired) electrons. The van der Waals surface area contributed by atoms with Crippen LogP contribution in [0.3, 0.4) is 0 Å². The molecule has 1 rings (SSSR count). The van der Waals surface area contributed by atoms with E-state index in [4.69, 9.17) is 11.5 Å². The maximum absolute atomic E-state index is 12.6. The van der Waals surface area contributed by atoms with E-state index in [2.05, 4.69) is 5.92 Å². The maximum Gasteiger partial charge on any atom is 0.416 e. The van der Waals surface area contributed by atoms with Gasteiger partial charge >= 0.3 is 12.1 Å². The summed E-state index contributed by atoms with van der Waals surface area (Å²) in [4.78, 5) is 10.8. The highest BCUT2D eigenvalue weighted by atomic mass is 19.4. The van der Waals surface area contributed by atoms with E-state index in [1.54, 1.807) is 6.92 Å². The number of benzene rings is 1. The molecule has 2 nitrogen and oxygen atoms in total. The van der Waals surface area contributed by atoms with E-state index < -0.39 is 23.6 Å². The molecule has 0 heterocycles. The van der Waals surface area contributed by atoms with Gasteiger partial charge in [0.15, 0.2) is 0 Å². The fourth-order valence-corrected chi connectivity index (χ4v) is 1.55. The van der Waals surface area contributed by atoms with Crippen LogP contribution in [0, 0.1) is 18.3 Å². The molecule has 0 saturated carbocycles. The van der Waals surface area contributed by atoms with Gasteiger partial charge in [-0.3, -0.25) is 4.79 Å². The number of carbonyl (C=O) groups is 1. The first kappa shape index (κ1) is 15.8. The molecular formula is C15H13F3O2. The molecule has 1 aromatic carbocycles. The summed E-state index contributed by atoms with van der Waals surface area (Å²) in [5.41, 5.74) is 0.156. The quantitative estimate of drug-likeness (QED) is 0.856. The highest BCUT2D eigenvalue weighted by Crippen LogP contribution is 2.31. The van der Waals surface area contributed by atoms with Crippen LogP contribution in [-0.4, -0.2) is 11.1 Å². The molecule has 0 fully saturated rings. The number of carboxylic acid groups (broad SMARTS) is 1. The van der Waals surface area contributed by atoms with Crippen LogP contribution in [0.4, 0.5) is 13.2 Å². The van der Waals surface area contributed by atoms with Gasteiger partial charge in [0, 0.05) is 5.56 Å². The predicted octanol–water partition coefficient (Wildman–Crippen LogP) is 3.81. The lowest BCUT2D eigenvalue weighted by Crippen LogP contribution is -2.10. The molecule has 1 N–H and O–H groups in total. The topological polar surface area (TPSA) is 37.3 Å². The summed E-state index contributed by atoms with van der Waals surface area (Å²) in [5.74, 6) is 0.450. The van der Waals surface area contributed by atoms with Crippen LogP contribution < -0.4 is 0 Å². The first-order valence-corrected chi connectivity index (χ1v) is 5.75. The number of aliphatic carboxylic acids is 1. The second-order valence-corrected chi connectivity index (χ2v) is 4.39. The Labute approximate surface area is 114 Å². The minimum absolute atomic E-state index is 0.0803. The zero-order valence-electron chi connectivity index (χ0n) is 11.0. The SMILES string of the molecule is C#Cc1cc(C(F)(F)F)ccc1/C=C(\C)[C@H](C)C(=O)O. The van der Waals surface area contributed by atoms with Crippen molar-refractivity contribution in [1.29, 1.82) is 0 Å². The fourth-order valence-electron chi connectivity index (χ4n) is 1.55. The van der Waals surface area contributed by atoms with Crippen LogP contribution >= 0.6 is 0 Å². The predicted molar refractivity (Wildman–Crippen MR) is 69.8 cm³/mol.